The van der Waals surface area contributed by atoms with Crippen molar-refractivity contribution in [3.63, 3.8) is 0 Å². The van der Waals surface area contributed by atoms with E-state index in [0.717, 1.165) is 5.56 Å². The summed E-state index contributed by atoms with van der Waals surface area (Å²) in [6.45, 7) is 5.79. The minimum Gasteiger partial charge on any atom is -0.494 e. The van der Waals surface area contributed by atoms with Crippen molar-refractivity contribution in [1.29, 1.82) is 0 Å². The van der Waals surface area contributed by atoms with Gasteiger partial charge in [0.2, 0.25) is 5.91 Å². The number of benzene rings is 1. The molecule has 1 aromatic carbocycles. The van der Waals surface area contributed by atoms with Gasteiger partial charge in [0.15, 0.2) is 11.6 Å². The number of carbonyl (C=O) groups excluding carboxylic acids is 1. The van der Waals surface area contributed by atoms with Crippen molar-refractivity contribution < 1.29 is 13.9 Å². The van der Waals surface area contributed by atoms with Crippen LogP contribution < -0.4 is 10.1 Å². The van der Waals surface area contributed by atoms with Crippen molar-refractivity contribution in [2.75, 3.05) is 7.11 Å². The van der Waals surface area contributed by atoms with Crippen LogP contribution in [-0.2, 0) is 11.2 Å². The molecule has 0 aliphatic carbocycles. The first-order chi connectivity index (χ1) is 8.31. The molecule has 0 saturated heterocycles. The van der Waals surface area contributed by atoms with Crippen LogP contribution in [0.2, 0.25) is 0 Å². The summed E-state index contributed by atoms with van der Waals surface area (Å²) in [4.78, 5) is 11.6. The first-order valence-corrected chi connectivity index (χ1v) is 5.95. The van der Waals surface area contributed by atoms with Crippen LogP contribution in [-0.4, -0.2) is 18.6 Å². The smallest absolute Gasteiger partial charge is 0.220 e. The van der Waals surface area contributed by atoms with Gasteiger partial charge in [-0.3, -0.25) is 4.79 Å². The molecule has 1 rings (SSSR count). The van der Waals surface area contributed by atoms with Gasteiger partial charge < -0.3 is 10.1 Å². The predicted molar refractivity (Wildman–Crippen MR) is 69.2 cm³/mol. The molecule has 0 aliphatic heterocycles. The van der Waals surface area contributed by atoms with Gasteiger partial charge in [0.25, 0.3) is 0 Å². The molecule has 0 aromatic heterocycles. The van der Waals surface area contributed by atoms with Crippen LogP contribution in [0.4, 0.5) is 4.39 Å². The van der Waals surface area contributed by atoms with Crippen molar-refractivity contribution in [2.45, 2.75) is 39.2 Å². The fraction of sp³-hybridized carbons (Fsp3) is 0.500. The summed E-state index contributed by atoms with van der Waals surface area (Å²) < 4.78 is 18.3. The second-order valence-electron chi connectivity index (χ2n) is 5.27. The summed E-state index contributed by atoms with van der Waals surface area (Å²) in [6.07, 6.45) is 0.867. The van der Waals surface area contributed by atoms with E-state index in [1.54, 1.807) is 12.1 Å². The number of ether oxygens (including phenoxy) is 1. The second kappa shape index (κ2) is 5.85. The van der Waals surface area contributed by atoms with Gasteiger partial charge in [-0.25, -0.2) is 4.39 Å². The molecule has 3 nitrogen and oxygen atoms in total. The van der Waals surface area contributed by atoms with E-state index in [1.807, 2.05) is 20.8 Å². The second-order valence-corrected chi connectivity index (χ2v) is 5.27. The number of amides is 1. The molecule has 0 fully saturated rings. The Morgan fingerprint density at radius 1 is 1.39 bits per heavy atom. The van der Waals surface area contributed by atoms with E-state index < -0.39 is 5.82 Å². The molecule has 0 heterocycles. The Bertz CT molecular complexity index is 424. The third-order valence-electron chi connectivity index (χ3n) is 2.37. The van der Waals surface area contributed by atoms with E-state index in [2.05, 4.69) is 5.32 Å². The van der Waals surface area contributed by atoms with E-state index in [-0.39, 0.29) is 17.2 Å². The Morgan fingerprint density at radius 2 is 2.06 bits per heavy atom. The molecule has 4 heteroatoms. The van der Waals surface area contributed by atoms with Crippen LogP contribution in [0.25, 0.3) is 0 Å². The highest BCUT2D eigenvalue weighted by molar-refractivity contribution is 5.76. The maximum Gasteiger partial charge on any atom is 0.220 e. The number of nitrogens with one attached hydrogen (secondary N) is 1. The van der Waals surface area contributed by atoms with Crippen LogP contribution >= 0.6 is 0 Å². The minimum absolute atomic E-state index is 0.0290. The summed E-state index contributed by atoms with van der Waals surface area (Å²) in [5.74, 6) is -0.206. The van der Waals surface area contributed by atoms with Crippen LogP contribution in [0.3, 0.4) is 0 Å². The van der Waals surface area contributed by atoms with Crippen molar-refractivity contribution in [3.8, 4) is 5.75 Å². The third-order valence-corrected chi connectivity index (χ3v) is 2.37. The normalized spacial score (nSPS) is 11.2. The Kier molecular flexibility index (Phi) is 4.70. The molecule has 1 aromatic rings. The first kappa shape index (κ1) is 14.5. The van der Waals surface area contributed by atoms with Gasteiger partial charge in [-0.2, -0.15) is 0 Å². The number of hydrogen-bond donors (Lipinski definition) is 1. The highest BCUT2D eigenvalue weighted by Gasteiger charge is 2.13. The molecule has 1 amide bonds. The third kappa shape index (κ3) is 4.73. The van der Waals surface area contributed by atoms with Gasteiger partial charge >= 0.3 is 0 Å². The van der Waals surface area contributed by atoms with E-state index in [9.17, 15) is 9.18 Å². The standard InChI is InChI=1S/C14H20FNO2/c1-14(2,3)16-13(17)8-6-10-5-7-12(18-4)11(15)9-10/h5,7,9H,6,8H2,1-4H3,(H,16,17). The van der Waals surface area contributed by atoms with E-state index in [4.69, 9.17) is 4.74 Å². The first-order valence-electron chi connectivity index (χ1n) is 5.95. The van der Waals surface area contributed by atoms with Crippen LogP contribution in [0, 0.1) is 5.82 Å². The summed E-state index contributed by atoms with van der Waals surface area (Å²) in [5.41, 5.74) is 0.555. The molecule has 1 N–H and O–H groups in total. The van der Waals surface area contributed by atoms with Gasteiger partial charge in [-0.15, -0.1) is 0 Å². The van der Waals surface area contributed by atoms with E-state index >= 15 is 0 Å². The molecular formula is C14H20FNO2. The van der Waals surface area contributed by atoms with Gasteiger partial charge in [-0.05, 0) is 44.9 Å². The van der Waals surface area contributed by atoms with Crippen LogP contribution in [0.1, 0.15) is 32.8 Å². The Balaban J connectivity index is 2.54. The maximum atomic E-state index is 13.4. The number of aryl methyl sites for hydroxylation is 1. The zero-order valence-corrected chi connectivity index (χ0v) is 11.3. The molecule has 0 spiro atoms. The highest BCUT2D eigenvalue weighted by atomic mass is 19.1. The summed E-state index contributed by atoms with van der Waals surface area (Å²) >= 11 is 0. The molecule has 0 bridgehead atoms. The SMILES string of the molecule is COc1ccc(CCC(=O)NC(C)(C)C)cc1F. The lowest BCUT2D eigenvalue weighted by atomic mass is 10.1. The number of rotatable bonds is 4. The average Bonchev–Trinajstić information content (AvgIpc) is 2.24. The minimum atomic E-state index is -0.397. The van der Waals surface area contributed by atoms with E-state index in [0.29, 0.717) is 12.8 Å². The summed E-state index contributed by atoms with van der Waals surface area (Å²) in [5, 5.41) is 2.87. The fourth-order valence-corrected chi connectivity index (χ4v) is 1.60. The number of hydrogen-bond acceptors (Lipinski definition) is 2. The molecule has 0 saturated carbocycles. The lowest BCUT2D eigenvalue weighted by molar-refractivity contribution is -0.122. The van der Waals surface area contributed by atoms with Crippen LogP contribution in [0.5, 0.6) is 5.75 Å². The lowest BCUT2D eigenvalue weighted by Crippen LogP contribution is -2.40. The Labute approximate surface area is 107 Å². The van der Waals surface area contributed by atoms with Gasteiger partial charge in [0.05, 0.1) is 7.11 Å². The molecule has 18 heavy (non-hydrogen) atoms. The zero-order chi connectivity index (χ0) is 13.8. The lowest BCUT2D eigenvalue weighted by Gasteiger charge is -2.20. The molecule has 0 aliphatic rings. The molecular weight excluding hydrogens is 233 g/mol. The quantitative estimate of drug-likeness (QED) is 0.896. The highest BCUT2D eigenvalue weighted by Crippen LogP contribution is 2.18. The molecule has 0 unspecified atom stereocenters. The van der Waals surface area contributed by atoms with E-state index in [1.165, 1.54) is 13.2 Å². The average molecular weight is 253 g/mol. The van der Waals surface area contributed by atoms with Crippen LogP contribution in [0.15, 0.2) is 18.2 Å². The number of halogens is 1. The van der Waals surface area contributed by atoms with Crippen molar-refractivity contribution in [1.82, 2.24) is 5.32 Å². The summed E-state index contributed by atoms with van der Waals surface area (Å²) in [7, 11) is 1.43. The predicted octanol–water partition coefficient (Wildman–Crippen LogP) is 2.68. The molecule has 0 atom stereocenters. The van der Waals surface area contributed by atoms with Gasteiger partial charge in [0.1, 0.15) is 0 Å². The van der Waals surface area contributed by atoms with Crippen molar-refractivity contribution in [2.24, 2.45) is 0 Å². The van der Waals surface area contributed by atoms with Gasteiger partial charge in [0, 0.05) is 12.0 Å². The Hall–Kier alpha value is -1.58. The summed E-state index contributed by atoms with van der Waals surface area (Å²) in [6, 6.07) is 4.75. The topological polar surface area (TPSA) is 38.3 Å². The zero-order valence-electron chi connectivity index (χ0n) is 11.3. The van der Waals surface area contributed by atoms with Gasteiger partial charge in [-0.1, -0.05) is 6.07 Å². The van der Waals surface area contributed by atoms with Crippen molar-refractivity contribution in [3.05, 3.63) is 29.6 Å². The Morgan fingerprint density at radius 3 is 2.56 bits per heavy atom. The number of methoxy groups -OCH3 is 1. The fourth-order valence-electron chi connectivity index (χ4n) is 1.60. The largest absolute Gasteiger partial charge is 0.494 e. The van der Waals surface area contributed by atoms with Crippen molar-refractivity contribution >= 4 is 5.91 Å². The molecule has 0 radical (unpaired) electrons. The molecule has 100 valence electrons. The number of carbonyl (C=O) groups is 1. The maximum absolute atomic E-state index is 13.4. The monoisotopic (exact) mass is 253 g/mol.